The molecule has 0 atom stereocenters. The lowest BCUT2D eigenvalue weighted by Crippen LogP contribution is -2.30. The van der Waals surface area contributed by atoms with Gasteiger partial charge in [0.15, 0.2) is 0 Å². The molecule has 0 radical (unpaired) electrons. The van der Waals surface area contributed by atoms with E-state index in [9.17, 15) is 0 Å². The van der Waals surface area contributed by atoms with E-state index in [0.29, 0.717) is 12.6 Å². The summed E-state index contributed by atoms with van der Waals surface area (Å²) in [6.45, 7) is 10.1. The fraction of sp³-hybridized carbons (Fsp3) is 0.750. The van der Waals surface area contributed by atoms with Crippen molar-refractivity contribution in [2.45, 2.75) is 39.8 Å². The molecule has 1 aromatic heterocycles. The summed E-state index contributed by atoms with van der Waals surface area (Å²) < 4.78 is 2.00. The Balaban J connectivity index is 2.55. The Hall–Kier alpha value is -0.870. The highest BCUT2D eigenvalue weighted by atomic mass is 15.3. The highest BCUT2D eigenvalue weighted by Crippen LogP contribution is 2.07. The minimum atomic E-state index is 0.433. The van der Waals surface area contributed by atoms with Crippen molar-refractivity contribution < 1.29 is 0 Å². The van der Waals surface area contributed by atoms with Crippen LogP contribution in [-0.2, 0) is 6.54 Å². The SMILES string of the molecule is CCCN(CCN)Cc1ccn(C(C)C)n1. The third-order valence-electron chi connectivity index (χ3n) is 2.56. The second-order valence-corrected chi connectivity index (χ2v) is 4.45. The second-order valence-electron chi connectivity index (χ2n) is 4.45. The van der Waals surface area contributed by atoms with Crippen LogP contribution < -0.4 is 5.73 Å². The van der Waals surface area contributed by atoms with Crippen LogP contribution in [0.4, 0.5) is 0 Å². The van der Waals surface area contributed by atoms with Crippen molar-refractivity contribution in [1.29, 1.82) is 0 Å². The van der Waals surface area contributed by atoms with Gasteiger partial charge < -0.3 is 5.73 Å². The minimum Gasteiger partial charge on any atom is -0.329 e. The Kier molecular flexibility index (Phi) is 5.49. The third kappa shape index (κ3) is 3.94. The van der Waals surface area contributed by atoms with Gasteiger partial charge in [-0.25, -0.2) is 0 Å². The van der Waals surface area contributed by atoms with Gasteiger partial charge in [0.25, 0.3) is 0 Å². The summed E-state index contributed by atoms with van der Waals surface area (Å²) >= 11 is 0. The topological polar surface area (TPSA) is 47.1 Å². The van der Waals surface area contributed by atoms with Gasteiger partial charge in [-0.05, 0) is 32.9 Å². The second kappa shape index (κ2) is 6.66. The highest BCUT2D eigenvalue weighted by Gasteiger charge is 2.07. The van der Waals surface area contributed by atoms with Gasteiger partial charge in [0.05, 0.1) is 5.69 Å². The quantitative estimate of drug-likeness (QED) is 0.766. The van der Waals surface area contributed by atoms with E-state index in [-0.39, 0.29) is 0 Å². The van der Waals surface area contributed by atoms with E-state index >= 15 is 0 Å². The minimum absolute atomic E-state index is 0.433. The zero-order valence-electron chi connectivity index (χ0n) is 10.7. The summed E-state index contributed by atoms with van der Waals surface area (Å²) in [6, 6.07) is 2.53. The van der Waals surface area contributed by atoms with Gasteiger partial charge in [-0.3, -0.25) is 9.58 Å². The number of rotatable bonds is 7. The van der Waals surface area contributed by atoms with E-state index in [4.69, 9.17) is 5.73 Å². The van der Waals surface area contributed by atoms with E-state index in [1.54, 1.807) is 0 Å². The molecule has 1 rings (SSSR count). The maximum Gasteiger partial charge on any atom is 0.0764 e. The van der Waals surface area contributed by atoms with Crippen LogP contribution >= 0.6 is 0 Å². The van der Waals surface area contributed by atoms with Crippen LogP contribution in [0.3, 0.4) is 0 Å². The van der Waals surface area contributed by atoms with Crippen LogP contribution in [0.15, 0.2) is 12.3 Å². The summed E-state index contributed by atoms with van der Waals surface area (Å²) in [7, 11) is 0. The highest BCUT2D eigenvalue weighted by molar-refractivity contribution is 4.99. The lowest BCUT2D eigenvalue weighted by Gasteiger charge is -2.19. The van der Waals surface area contributed by atoms with E-state index in [0.717, 1.165) is 31.7 Å². The fourth-order valence-electron chi connectivity index (χ4n) is 1.75. The van der Waals surface area contributed by atoms with Gasteiger partial charge in [-0.15, -0.1) is 0 Å². The molecule has 0 saturated carbocycles. The Morgan fingerprint density at radius 3 is 2.69 bits per heavy atom. The molecule has 0 unspecified atom stereocenters. The first-order valence-corrected chi connectivity index (χ1v) is 6.13. The molecule has 0 aliphatic heterocycles. The maximum atomic E-state index is 5.60. The summed E-state index contributed by atoms with van der Waals surface area (Å²) in [5.74, 6) is 0. The number of hydrogen-bond acceptors (Lipinski definition) is 3. The molecule has 0 spiro atoms. The standard InChI is InChI=1S/C12H24N4/c1-4-7-15(9-6-13)10-12-5-8-16(14-12)11(2)3/h5,8,11H,4,6-7,9-10,13H2,1-3H3. The molecule has 0 aliphatic rings. The van der Waals surface area contributed by atoms with Crippen molar-refractivity contribution in [2.75, 3.05) is 19.6 Å². The van der Waals surface area contributed by atoms with E-state index < -0.39 is 0 Å². The Morgan fingerprint density at radius 1 is 1.44 bits per heavy atom. The molecule has 2 N–H and O–H groups in total. The molecular weight excluding hydrogens is 200 g/mol. The first kappa shape index (κ1) is 13.2. The van der Waals surface area contributed by atoms with Crippen molar-refractivity contribution in [3.8, 4) is 0 Å². The van der Waals surface area contributed by atoms with Crippen molar-refractivity contribution in [3.05, 3.63) is 18.0 Å². The van der Waals surface area contributed by atoms with Crippen LogP contribution in [0.2, 0.25) is 0 Å². The molecule has 0 aliphatic carbocycles. The molecule has 0 amide bonds. The Bertz CT molecular complexity index is 287. The average Bonchev–Trinajstić information content (AvgIpc) is 2.67. The van der Waals surface area contributed by atoms with Crippen molar-refractivity contribution in [3.63, 3.8) is 0 Å². The summed E-state index contributed by atoms with van der Waals surface area (Å²) in [4.78, 5) is 2.35. The Labute approximate surface area is 98.4 Å². The normalized spacial score (nSPS) is 11.6. The zero-order valence-corrected chi connectivity index (χ0v) is 10.7. The van der Waals surface area contributed by atoms with Crippen molar-refractivity contribution in [1.82, 2.24) is 14.7 Å². The molecule has 0 aromatic carbocycles. The first-order chi connectivity index (χ1) is 7.67. The third-order valence-corrected chi connectivity index (χ3v) is 2.56. The van der Waals surface area contributed by atoms with Gasteiger partial charge in [-0.2, -0.15) is 5.10 Å². The smallest absolute Gasteiger partial charge is 0.0764 e. The molecule has 0 bridgehead atoms. The number of aromatic nitrogens is 2. The maximum absolute atomic E-state index is 5.60. The monoisotopic (exact) mass is 224 g/mol. The predicted octanol–water partition coefficient (Wildman–Crippen LogP) is 1.63. The fourth-order valence-corrected chi connectivity index (χ4v) is 1.75. The molecule has 0 fully saturated rings. The summed E-state index contributed by atoms with van der Waals surface area (Å²) in [5.41, 5.74) is 6.73. The van der Waals surface area contributed by atoms with Gasteiger partial charge in [-0.1, -0.05) is 6.92 Å². The molecular formula is C12H24N4. The van der Waals surface area contributed by atoms with Gasteiger partial charge in [0.1, 0.15) is 0 Å². The van der Waals surface area contributed by atoms with Crippen molar-refractivity contribution >= 4 is 0 Å². The van der Waals surface area contributed by atoms with Crippen LogP contribution in [0.1, 0.15) is 38.9 Å². The zero-order chi connectivity index (χ0) is 12.0. The Morgan fingerprint density at radius 2 is 2.19 bits per heavy atom. The van der Waals surface area contributed by atoms with Crippen molar-refractivity contribution in [2.24, 2.45) is 5.73 Å². The van der Waals surface area contributed by atoms with Gasteiger partial charge in [0, 0.05) is 31.9 Å². The number of nitrogens with zero attached hydrogens (tertiary/aromatic N) is 3. The molecule has 1 heterocycles. The molecule has 4 nitrogen and oxygen atoms in total. The molecule has 0 saturated heterocycles. The van der Waals surface area contributed by atoms with Crippen LogP contribution in [0, 0.1) is 0 Å². The first-order valence-electron chi connectivity index (χ1n) is 6.13. The molecule has 1 aromatic rings. The largest absolute Gasteiger partial charge is 0.329 e. The molecule has 4 heteroatoms. The van der Waals surface area contributed by atoms with Gasteiger partial charge >= 0.3 is 0 Å². The lowest BCUT2D eigenvalue weighted by molar-refractivity contribution is 0.269. The number of nitrogens with two attached hydrogens (primary N) is 1. The summed E-state index contributed by atoms with van der Waals surface area (Å²) in [6.07, 6.45) is 3.21. The lowest BCUT2D eigenvalue weighted by atomic mass is 10.3. The van der Waals surface area contributed by atoms with Crippen LogP contribution in [0.5, 0.6) is 0 Å². The van der Waals surface area contributed by atoms with E-state index in [2.05, 4.69) is 36.8 Å². The van der Waals surface area contributed by atoms with Gasteiger partial charge in [0.2, 0.25) is 0 Å². The van der Waals surface area contributed by atoms with E-state index in [1.165, 1.54) is 0 Å². The summed E-state index contributed by atoms with van der Waals surface area (Å²) in [5, 5.41) is 4.55. The average molecular weight is 224 g/mol. The molecule has 92 valence electrons. The number of hydrogen-bond donors (Lipinski definition) is 1. The molecule has 16 heavy (non-hydrogen) atoms. The predicted molar refractivity (Wildman–Crippen MR) is 67.2 cm³/mol. The van der Waals surface area contributed by atoms with E-state index in [1.807, 2.05) is 10.9 Å². The van der Waals surface area contributed by atoms with Crippen LogP contribution in [-0.4, -0.2) is 34.3 Å². The van der Waals surface area contributed by atoms with Crippen LogP contribution in [0.25, 0.3) is 0 Å².